The Balaban J connectivity index is 1.97. The Morgan fingerprint density at radius 2 is 2.16 bits per heavy atom. The highest BCUT2D eigenvalue weighted by atomic mass is 35.5. The average Bonchev–Trinajstić information content (AvgIpc) is 2.39. The monoisotopic (exact) mass is 279 g/mol. The van der Waals surface area contributed by atoms with Crippen LogP contribution in [0.15, 0.2) is 24.3 Å². The normalized spacial score (nSPS) is 15.3. The van der Waals surface area contributed by atoms with Crippen molar-refractivity contribution in [3.05, 3.63) is 29.3 Å². The van der Waals surface area contributed by atoms with Crippen molar-refractivity contribution in [2.24, 2.45) is 5.92 Å². The molecule has 4 nitrogen and oxygen atoms in total. The second-order valence-electron chi connectivity index (χ2n) is 4.50. The number of fused-ring (bicyclic) bond motifs is 1. The molecule has 1 aliphatic heterocycles. The van der Waals surface area contributed by atoms with Crippen LogP contribution < -0.4 is 9.47 Å². The molecular formula is C14H14ClNO3. The predicted octanol–water partition coefficient (Wildman–Crippen LogP) is 2.92. The third kappa shape index (κ3) is 2.33. The Hall–Kier alpha value is -1.52. The first-order valence-electron chi connectivity index (χ1n) is 6.12. The minimum Gasteiger partial charge on any atom is -0.486 e. The fourth-order valence-corrected chi connectivity index (χ4v) is 2.27. The SMILES string of the molecule is COc1nc2ccccc2c(Cl)c1OCC1COC1. The summed E-state index contributed by atoms with van der Waals surface area (Å²) in [7, 11) is 1.56. The van der Waals surface area contributed by atoms with Crippen molar-refractivity contribution >= 4 is 22.5 Å². The molecule has 0 bridgehead atoms. The van der Waals surface area contributed by atoms with Crippen LogP contribution in [0.5, 0.6) is 11.6 Å². The molecule has 0 unspecified atom stereocenters. The van der Waals surface area contributed by atoms with Crippen molar-refractivity contribution in [3.63, 3.8) is 0 Å². The summed E-state index contributed by atoms with van der Waals surface area (Å²) in [5.74, 6) is 1.35. The highest BCUT2D eigenvalue weighted by molar-refractivity contribution is 6.37. The number of hydrogen-bond acceptors (Lipinski definition) is 4. The van der Waals surface area contributed by atoms with Crippen LogP contribution in [0.4, 0.5) is 0 Å². The zero-order chi connectivity index (χ0) is 13.2. The number of rotatable bonds is 4. The molecule has 2 heterocycles. The summed E-state index contributed by atoms with van der Waals surface area (Å²) >= 11 is 6.39. The van der Waals surface area contributed by atoms with Crippen molar-refractivity contribution in [1.29, 1.82) is 0 Å². The summed E-state index contributed by atoms with van der Waals surface area (Å²) in [4.78, 5) is 4.41. The topological polar surface area (TPSA) is 40.6 Å². The van der Waals surface area contributed by atoms with Crippen LogP contribution in [0.2, 0.25) is 5.02 Å². The number of hydrogen-bond donors (Lipinski definition) is 0. The molecule has 0 saturated carbocycles. The molecule has 0 amide bonds. The molecule has 0 radical (unpaired) electrons. The van der Waals surface area contributed by atoms with E-state index in [9.17, 15) is 0 Å². The Labute approximate surface area is 116 Å². The summed E-state index contributed by atoms with van der Waals surface area (Å²) in [6, 6.07) is 7.65. The van der Waals surface area contributed by atoms with Gasteiger partial charge in [0.05, 0.1) is 37.5 Å². The van der Waals surface area contributed by atoms with E-state index >= 15 is 0 Å². The van der Waals surface area contributed by atoms with E-state index in [2.05, 4.69) is 4.98 Å². The average molecular weight is 280 g/mol. The number of nitrogens with zero attached hydrogens (tertiary/aromatic N) is 1. The van der Waals surface area contributed by atoms with Gasteiger partial charge >= 0.3 is 0 Å². The first-order chi connectivity index (χ1) is 9.29. The molecule has 3 rings (SSSR count). The summed E-state index contributed by atoms with van der Waals surface area (Å²) < 4.78 is 16.2. The second-order valence-corrected chi connectivity index (χ2v) is 4.87. The molecular weight excluding hydrogens is 266 g/mol. The van der Waals surface area contributed by atoms with E-state index < -0.39 is 0 Å². The maximum atomic E-state index is 6.39. The maximum Gasteiger partial charge on any atom is 0.258 e. The van der Waals surface area contributed by atoms with E-state index in [4.69, 9.17) is 25.8 Å². The van der Waals surface area contributed by atoms with Crippen molar-refractivity contribution < 1.29 is 14.2 Å². The van der Waals surface area contributed by atoms with Crippen LogP contribution in [0.1, 0.15) is 0 Å². The van der Waals surface area contributed by atoms with Crippen LogP contribution in [-0.2, 0) is 4.74 Å². The number of aromatic nitrogens is 1. The molecule has 1 fully saturated rings. The van der Waals surface area contributed by atoms with Gasteiger partial charge in [0.1, 0.15) is 0 Å². The standard InChI is InChI=1S/C14H14ClNO3/c1-17-14-13(19-8-9-6-18-7-9)12(15)10-4-2-3-5-11(10)16-14/h2-5,9H,6-8H2,1H3. The van der Waals surface area contributed by atoms with Crippen LogP contribution >= 0.6 is 11.6 Å². The summed E-state index contributed by atoms with van der Waals surface area (Å²) in [5, 5.41) is 1.41. The molecule has 100 valence electrons. The van der Waals surface area contributed by atoms with Gasteiger partial charge in [-0.25, -0.2) is 4.98 Å². The van der Waals surface area contributed by atoms with Gasteiger partial charge in [-0.05, 0) is 6.07 Å². The van der Waals surface area contributed by atoms with Crippen molar-refractivity contribution in [2.75, 3.05) is 26.9 Å². The number of para-hydroxylation sites is 1. The van der Waals surface area contributed by atoms with E-state index in [1.54, 1.807) is 7.11 Å². The summed E-state index contributed by atoms with van der Waals surface area (Å²) in [6.07, 6.45) is 0. The minimum absolute atomic E-state index is 0.420. The zero-order valence-electron chi connectivity index (χ0n) is 10.6. The quantitative estimate of drug-likeness (QED) is 0.863. The molecule has 0 N–H and O–H groups in total. The lowest BCUT2D eigenvalue weighted by atomic mass is 10.1. The molecule has 2 aromatic rings. The lowest BCUT2D eigenvalue weighted by Crippen LogP contribution is -2.32. The van der Waals surface area contributed by atoms with Gasteiger partial charge in [0.2, 0.25) is 5.75 Å². The van der Waals surface area contributed by atoms with Crippen molar-refractivity contribution in [3.8, 4) is 11.6 Å². The number of benzene rings is 1. The predicted molar refractivity (Wildman–Crippen MR) is 73.1 cm³/mol. The van der Waals surface area contributed by atoms with Crippen LogP contribution in [0, 0.1) is 5.92 Å². The van der Waals surface area contributed by atoms with Gasteiger partial charge in [0.25, 0.3) is 5.88 Å². The van der Waals surface area contributed by atoms with Gasteiger partial charge in [-0.1, -0.05) is 29.8 Å². The van der Waals surface area contributed by atoms with Gasteiger partial charge in [0, 0.05) is 11.3 Å². The number of pyridine rings is 1. The Bertz CT molecular complexity index is 599. The fraction of sp³-hybridized carbons (Fsp3) is 0.357. The maximum absolute atomic E-state index is 6.39. The molecule has 0 spiro atoms. The third-order valence-corrected chi connectivity index (χ3v) is 3.50. The van der Waals surface area contributed by atoms with Gasteiger partial charge in [-0.2, -0.15) is 0 Å². The molecule has 19 heavy (non-hydrogen) atoms. The molecule has 5 heteroatoms. The van der Waals surface area contributed by atoms with E-state index in [0.29, 0.717) is 29.2 Å². The largest absolute Gasteiger partial charge is 0.486 e. The van der Waals surface area contributed by atoms with Crippen molar-refractivity contribution in [2.45, 2.75) is 0 Å². The molecule has 1 aromatic heterocycles. The Kier molecular flexibility index (Phi) is 3.44. The highest BCUT2D eigenvalue weighted by Crippen LogP contribution is 2.39. The molecule has 0 aliphatic carbocycles. The number of halogens is 1. The van der Waals surface area contributed by atoms with Crippen LogP contribution in [-0.4, -0.2) is 31.9 Å². The van der Waals surface area contributed by atoms with Gasteiger partial charge in [-0.3, -0.25) is 0 Å². The zero-order valence-corrected chi connectivity index (χ0v) is 11.3. The molecule has 1 saturated heterocycles. The Morgan fingerprint density at radius 1 is 1.37 bits per heavy atom. The highest BCUT2D eigenvalue weighted by Gasteiger charge is 2.22. The first-order valence-corrected chi connectivity index (χ1v) is 6.50. The summed E-state index contributed by atoms with van der Waals surface area (Å²) in [6.45, 7) is 2.04. The lowest BCUT2D eigenvalue weighted by molar-refractivity contribution is -0.0511. The van der Waals surface area contributed by atoms with Crippen molar-refractivity contribution in [1.82, 2.24) is 4.98 Å². The number of methoxy groups -OCH3 is 1. The summed E-state index contributed by atoms with van der Waals surface area (Å²) in [5.41, 5.74) is 0.795. The van der Waals surface area contributed by atoms with Crippen LogP contribution in [0.25, 0.3) is 10.9 Å². The Morgan fingerprint density at radius 3 is 2.84 bits per heavy atom. The van der Waals surface area contributed by atoms with E-state index in [1.165, 1.54) is 0 Å². The fourth-order valence-electron chi connectivity index (χ4n) is 1.98. The third-order valence-electron chi connectivity index (χ3n) is 3.12. The minimum atomic E-state index is 0.420. The van der Waals surface area contributed by atoms with Gasteiger partial charge < -0.3 is 14.2 Å². The van der Waals surface area contributed by atoms with E-state index in [0.717, 1.165) is 24.1 Å². The van der Waals surface area contributed by atoms with Gasteiger partial charge in [-0.15, -0.1) is 0 Å². The molecule has 0 atom stereocenters. The van der Waals surface area contributed by atoms with E-state index in [1.807, 2.05) is 24.3 Å². The first kappa shape index (κ1) is 12.5. The molecule has 1 aliphatic rings. The van der Waals surface area contributed by atoms with Gasteiger partial charge in [0.15, 0.2) is 0 Å². The van der Waals surface area contributed by atoms with Crippen LogP contribution in [0.3, 0.4) is 0 Å². The second kappa shape index (κ2) is 5.23. The van der Waals surface area contributed by atoms with E-state index in [-0.39, 0.29) is 0 Å². The lowest BCUT2D eigenvalue weighted by Gasteiger charge is -2.26. The molecule has 1 aromatic carbocycles. The number of ether oxygens (including phenoxy) is 3. The smallest absolute Gasteiger partial charge is 0.258 e.